The normalized spacial score (nSPS) is 21.5. The van der Waals surface area contributed by atoms with Crippen LogP contribution in [0.25, 0.3) is 0 Å². The SMILES string of the molecule is CCN(C(=O)c1c(C)ccn(CC2CCCNC2)c1=O)C1CCCCC1. The Balaban J connectivity index is 1.84. The summed E-state index contributed by atoms with van der Waals surface area (Å²) >= 11 is 0. The molecule has 1 aromatic rings. The van der Waals surface area contributed by atoms with E-state index in [1.807, 2.05) is 31.0 Å². The van der Waals surface area contributed by atoms with Gasteiger partial charge in [0.25, 0.3) is 11.5 Å². The highest BCUT2D eigenvalue weighted by molar-refractivity contribution is 5.95. The average molecular weight is 360 g/mol. The second kappa shape index (κ2) is 8.85. The van der Waals surface area contributed by atoms with Crippen LogP contribution in [0.5, 0.6) is 0 Å². The van der Waals surface area contributed by atoms with E-state index in [0.29, 0.717) is 24.6 Å². The summed E-state index contributed by atoms with van der Waals surface area (Å²) < 4.78 is 1.76. The highest BCUT2D eigenvalue weighted by Crippen LogP contribution is 2.24. The van der Waals surface area contributed by atoms with Crippen LogP contribution in [-0.4, -0.2) is 41.1 Å². The number of rotatable bonds is 5. The molecule has 0 radical (unpaired) electrons. The highest BCUT2D eigenvalue weighted by atomic mass is 16.2. The number of carbonyl (C=O) groups excluding carboxylic acids is 1. The number of pyridine rings is 1. The summed E-state index contributed by atoms with van der Waals surface area (Å²) in [6.07, 6.45) is 9.90. The minimum atomic E-state index is -0.116. The van der Waals surface area contributed by atoms with Gasteiger partial charge in [0.1, 0.15) is 5.56 Å². The Labute approximate surface area is 156 Å². The van der Waals surface area contributed by atoms with Crippen molar-refractivity contribution in [3.63, 3.8) is 0 Å². The summed E-state index contributed by atoms with van der Waals surface area (Å²) in [6, 6.07) is 2.22. The summed E-state index contributed by atoms with van der Waals surface area (Å²) in [4.78, 5) is 28.3. The summed E-state index contributed by atoms with van der Waals surface area (Å²) in [5, 5.41) is 3.40. The van der Waals surface area contributed by atoms with E-state index in [2.05, 4.69) is 5.32 Å². The van der Waals surface area contributed by atoms with Gasteiger partial charge >= 0.3 is 0 Å². The largest absolute Gasteiger partial charge is 0.336 e. The maximum absolute atomic E-state index is 13.3. The van der Waals surface area contributed by atoms with E-state index in [1.165, 1.54) is 19.3 Å². The van der Waals surface area contributed by atoms with Crippen LogP contribution in [0, 0.1) is 12.8 Å². The van der Waals surface area contributed by atoms with Crippen LogP contribution >= 0.6 is 0 Å². The molecule has 0 spiro atoms. The first-order valence-electron chi connectivity index (χ1n) is 10.3. The molecule has 0 aromatic carbocycles. The molecule has 5 nitrogen and oxygen atoms in total. The van der Waals surface area contributed by atoms with E-state index in [0.717, 1.165) is 44.3 Å². The molecule has 1 aliphatic heterocycles. The first kappa shape index (κ1) is 19.2. The van der Waals surface area contributed by atoms with Crippen LogP contribution in [0.2, 0.25) is 0 Å². The highest BCUT2D eigenvalue weighted by Gasteiger charge is 2.28. The molecule has 26 heavy (non-hydrogen) atoms. The number of hydrogen-bond donors (Lipinski definition) is 1. The zero-order valence-corrected chi connectivity index (χ0v) is 16.3. The summed E-state index contributed by atoms with van der Waals surface area (Å²) in [5.41, 5.74) is 1.06. The van der Waals surface area contributed by atoms with Crippen molar-refractivity contribution in [3.05, 3.63) is 33.7 Å². The molecular formula is C21H33N3O2. The molecule has 1 amide bonds. The number of carbonyl (C=O) groups is 1. The maximum atomic E-state index is 13.3. The second-order valence-electron chi connectivity index (χ2n) is 7.93. The van der Waals surface area contributed by atoms with Crippen molar-refractivity contribution in [2.45, 2.75) is 71.4 Å². The minimum Gasteiger partial charge on any atom is -0.336 e. The van der Waals surface area contributed by atoms with Crippen molar-refractivity contribution in [2.24, 2.45) is 5.92 Å². The number of nitrogens with zero attached hydrogens (tertiary/aromatic N) is 2. The van der Waals surface area contributed by atoms with Crippen LogP contribution in [0.3, 0.4) is 0 Å². The topological polar surface area (TPSA) is 54.3 Å². The van der Waals surface area contributed by atoms with Crippen molar-refractivity contribution in [3.8, 4) is 0 Å². The van der Waals surface area contributed by atoms with Crippen LogP contribution in [-0.2, 0) is 6.54 Å². The van der Waals surface area contributed by atoms with E-state index in [4.69, 9.17) is 0 Å². The van der Waals surface area contributed by atoms with Gasteiger partial charge in [0.2, 0.25) is 0 Å². The van der Waals surface area contributed by atoms with Crippen LogP contribution in [0.4, 0.5) is 0 Å². The molecule has 1 aromatic heterocycles. The molecule has 5 heteroatoms. The maximum Gasteiger partial charge on any atom is 0.263 e. The third-order valence-corrected chi connectivity index (χ3v) is 6.06. The molecule has 2 heterocycles. The van der Waals surface area contributed by atoms with Gasteiger partial charge in [-0.25, -0.2) is 0 Å². The van der Waals surface area contributed by atoms with Gasteiger partial charge in [-0.1, -0.05) is 19.3 Å². The lowest BCUT2D eigenvalue weighted by atomic mass is 9.93. The molecule has 2 aliphatic rings. The summed E-state index contributed by atoms with van der Waals surface area (Å²) in [5.74, 6) is 0.394. The Morgan fingerprint density at radius 1 is 1.23 bits per heavy atom. The fourth-order valence-electron chi connectivity index (χ4n) is 4.53. The standard InChI is InChI=1S/C21H33N3O2/c1-3-24(18-9-5-4-6-10-18)21(26)19-16(2)11-13-23(20(19)25)15-17-8-7-12-22-14-17/h11,13,17-18,22H,3-10,12,14-15H2,1-2H3. The van der Waals surface area contributed by atoms with Crippen LogP contribution in [0.15, 0.2) is 17.1 Å². The van der Waals surface area contributed by atoms with E-state index in [1.54, 1.807) is 4.57 Å². The van der Waals surface area contributed by atoms with E-state index >= 15 is 0 Å². The summed E-state index contributed by atoms with van der Waals surface area (Å²) in [6.45, 7) is 7.29. The van der Waals surface area contributed by atoms with Gasteiger partial charge in [0.15, 0.2) is 0 Å². The van der Waals surface area contributed by atoms with Gasteiger partial charge in [-0.15, -0.1) is 0 Å². The molecule has 3 rings (SSSR count). The predicted molar refractivity (Wildman–Crippen MR) is 105 cm³/mol. The Kier molecular flexibility index (Phi) is 6.52. The third kappa shape index (κ3) is 4.20. The van der Waals surface area contributed by atoms with Crippen molar-refractivity contribution in [1.29, 1.82) is 0 Å². The van der Waals surface area contributed by atoms with Gasteiger partial charge < -0.3 is 14.8 Å². The van der Waals surface area contributed by atoms with Crippen LogP contribution < -0.4 is 10.9 Å². The van der Waals surface area contributed by atoms with Crippen molar-refractivity contribution >= 4 is 5.91 Å². The second-order valence-corrected chi connectivity index (χ2v) is 7.93. The molecule has 144 valence electrons. The minimum absolute atomic E-state index is 0.0713. The molecule has 1 unspecified atom stereocenters. The van der Waals surface area contributed by atoms with Gasteiger partial charge in [0, 0.05) is 25.3 Å². The lowest BCUT2D eigenvalue weighted by molar-refractivity contribution is 0.0644. The van der Waals surface area contributed by atoms with Crippen LogP contribution in [0.1, 0.15) is 67.8 Å². The quantitative estimate of drug-likeness (QED) is 0.879. The predicted octanol–water partition coefficient (Wildman–Crippen LogP) is 2.95. The lowest BCUT2D eigenvalue weighted by Crippen LogP contribution is -2.44. The molecule has 2 fully saturated rings. The number of amides is 1. The van der Waals surface area contributed by atoms with E-state index in [-0.39, 0.29) is 17.5 Å². The van der Waals surface area contributed by atoms with Gasteiger partial charge in [-0.2, -0.15) is 0 Å². The Morgan fingerprint density at radius 3 is 2.65 bits per heavy atom. The first-order chi connectivity index (χ1) is 12.6. The Bertz CT molecular complexity index is 670. The Hall–Kier alpha value is -1.62. The fourth-order valence-corrected chi connectivity index (χ4v) is 4.53. The third-order valence-electron chi connectivity index (χ3n) is 6.06. The zero-order chi connectivity index (χ0) is 18.5. The van der Waals surface area contributed by atoms with Crippen molar-refractivity contribution in [1.82, 2.24) is 14.8 Å². The molecule has 1 aliphatic carbocycles. The summed E-state index contributed by atoms with van der Waals surface area (Å²) in [7, 11) is 0. The number of aryl methyl sites for hydroxylation is 1. The Morgan fingerprint density at radius 2 is 2.00 bits per heavy atom. The fraction of sp³-hybridized carbons (Fsp3) is 0.714. The average Bonchev–Trinajstić information content (AvgIpc) is 2.66. The van der Waals surface area contributed by atoms with Crippen molar-refractivity contribution in [2.75, 3.05) is 19.6 Å². The molecule has 1 atom stereocenters. The van der Waals surface area contributed by atoms with Gasteiger partial charge in [-0.3, -0.25) is 9.59 Å². The molecule has 0 bridgehead atoms. The smallest absolute Gasteiger partial charge is 0.263 e. The number of hydrogen-bond acceptors (Lipinski definition) is 3. The molecular weight excluding hydrogens is 326 g/mol. The number of aromatic nitrogens is 1. The van der Waals surface area contributed by atoms with Gasteiger partial charge in [-0.05, 0) is 70.2 Å². The van der Waals surface area contributed by atoms with E-state index < -0.39 is 0 Å². The first-order valence-corrected chi connectivity index (χ1v) is 10.3. The zero-order valence-electron chi connectivity index (χ0n) is 16.3. The van der Waals surface area contributed by atoms with E-state index in [9.17, 15) is 9.59 Å². The lowest BCUT2D eigenvalue weighted by Gasteiger charge is -2.34. The number of nitrogens with one attached hydrogen (secondary N) is 1. The molecule has 1 saturated heterocycles. The monoisotopic (exact) mass is 359 g/mol. The molecule has 1 saturated carbocycles. The number of piperidine rings is 1. The van der Waals surface area contributed by atoms with Gasteiger partial charge in [0.05, 0.1) is 0 Å². The molecule has 1 N–H and O–H groups in total. The van der Waals surface area contributed by atoms with Crippen molar-refractivity contribution < 1.29 is 4.79 Å².